The van der Waals surface area contributed by atoms with Gasteiger partial charge in [-0.15, -0.1) is 0 Å². The summed E-state index contributed by atoms with van der Waals surface area (Å²) < 4.78 is 51.8. The van der Waals surface area contributed by atoms with Gasteiger partial charge in [-0.25, -0.2) is 21.1 Å². The van der Waals surface area contributed by atoms with Gasteiger partial charge in [0.25, 0.3) is 0 Å². The van der Waals surface area contributed by atoms with Crippen molar-refractivity contribution in [3.63, 3.8) is 0 Å². The van der Waals surface area contributed by atoms with E-state index in [-0.39, 0.29) is 6.54 Å². The van der Waals surface area contributed by atoms with Gasteiger partial charge in [0.1, 0.15) is 9.84 Å². The van der Waals surface area contributed by atoms with E-state index in [4.69, 9.17) is 0 Å². The summed E-state index contributed by atoms with van der Waals surface area (Å²) in [7, 11) is -5.71. The lowest BCUT2D eigenvalue weighted by atomic mass is 10.0. The van der Waals surface area contributed by atoms with E-state index in [1.54, 1.807) is 0 Å². The van der Waals surface area contributed by atoms with Crippen LogP contribution in [-0.4, -0.2) is 65.1 Å². The Bertz CT molecular complexity index is 524. The number of carbonyl (C=O) groups excluding carboxylic acids is 1. The number of sulfonamides is 1. The minimum Gasteiger partial charge on any atom is -0.469 e. The van der Waals surface area contributed by atoms with E-state index in [0.717, 1.165) is 6.26 Å². The van der Waals surface area contributed by atoms with Crippen LogP contribution in [0.2, 0.25) is 0 Å². The number of rotatable bonds is 5. The van der Waals surface area contributed by atoms with E-state index < -0.39 is 43.3 Å². The Morgan fingerprint density at radius 2 is 1.89 bits per heavy atom. The van der Waals surface area contributed by atoms with Gasteiger partial charge in [-0.05, 0) is 12.8 Å². The molecule has 9 heteroatoms. The van der Waals surface area contributed by atoms with Crippen LogP contribution in [0.4, 0.5) is 0 Å². The molecule has 1 rings (SSSR count). The van der Waals surface area contributed by atoms with Gasteiger partial charge in [0.2, 0.25) is 10.0 Å². The fourth-order valence-electron chi connectivity index (χ4n) is 1.94. The number of methoxy groups -OCH3 is 1. The average Bonchev–Trinajstić information content (AvgIpc) is 2.35. The molecule has 1 atom stereocenters. The Kier molecular flexibility index (Phi) is 5.34. The maximum absolute atomic E-state index is 12.0. The van der Waals surface area contributed by atoms with Crippen LogP contribution in [0, 0.1) is 5.92 Å². The molecule has 1 fully saturated rings. The molecule has 0 bridgehead atoms. The summed E-state index contributed by atoms with van der Waals surface area (Å²) in [6.07, 6.45) is 2.15. The van der Waals surface area contributed by atoms with Gasteiger partial charge >= 0.3 is 5.97 Å². The van der Waals surface area contributed by atoms with Crippen molar-refractivity contribution >= 4 is 25.8 Å². The highest BCUT2D eigenvalue weighted by Gasteiger charge is 2.33. The third-order valence-electron chi connectivity index (χ3n) is 3.02. The summed E-state index contributed by atoms with van der Waals surface area (Å²) >= 11 is 0. The molecule has 0 aromatic rings. The molecular weight excluding hydrogens is 294 g/mol. The first kappa shape index (κ1) is 16.4. The number of hydrogen-bond acceptors (Lipinski definition) is 6. The second-order valence-corrected chi connectivity index (χ2v) is 9.01. The molecule has 0 unspecified atom stereocenters. The Hall–Kier alpha value is -0.670. The van der Waals surface area contributed by atoms with E-state index in [0.29, 0.717) is 19.4 Å². The van der Waals surface area contributed by atoms with Crippen molar-refractivity contribution in [2.45, 2.75) is 12.8 Å². The van der Waals surface area contributed by atoms with E-state index in [2.05, 4.69) is 4.74 Å². The molecule has 1 aliphatic heterocycles. The van der Waals surface area contributed by atoms with Crippen molar-refractivity contribution in [3.05, 3.63) is 0 Å². The highest BCUT2D eigenvalue weighted by Crippen LogP contribution is 2.20. The van der Waals surface area contributed by atoms with Gasteiger partial charge in [0.15, 0.2) is 0 Å². The molecule has 112 valence electrons. The second kappa shape index (κ2) is 6.19. The molecular formula is C10H19NO6S2. The lowest BCUT2D eigenvalue weighted by Gasteiger charge is -2.30. The fourth-order valence-corrected chi connectivity index (χ4v) is 5.07. The zero-order chi connectivity index (χ0) is 14.7. The van der Waals surface area contributed by atoms with Gasteiger partial charge in [-0.2, -0.15) is 0 Å². The SMILES string of the molecule is COC(=O)[C@H]1CCCN(S(=O)(=O)CCS(C)(=O)=O)C1. The molecule has 0 aromatic heterocycles. The summed E-state index contributed by atoms with van der Waals surface area (Å²) in [5, 5.41) is 0. The molecule has 0 spiro atoms. The molecule has 19 heavy (non-hydrogen) atoms. The lowest BCUT2D eigenvalue weighted by molar-refractivity contribution is -0.146. The number of carbonyl (C=O) groups is 1. The summed E-state index contributed by atoms with van der Waals surface area (Å²) in [5.41, 5.74) is 0. The average molecular weight is 313 g/mol. The molecule has 1 heterocycles. The summed E-state index contributed by atoms with van der Waals surface area (Å²) in [4.78, 5) is 11.4. The highest BCUT2D eigenvalue weighted by molar-refractivity contribution is 7.93. The molecule has 0 aliphatic carbocycles. The van der Waals surface area contributed by atoms with Crippen LogP contribution in [0.5, 0.6) is 0 Å². The first-order valence-electron chi connectivity index (χ1n) is 5.89. The van der Waals surface area contributed by atoms with Crippen LogP contribution in [0.3, 0.4) is 0 Å². The predicted octanol–water partition coefficient (Wildman–Crippen LogP) is -0.754. The van der Waals surface area contributed by atoms with E-state index >= 15 is 0 Å². The van der Waals surface area contributed by atoms with Gasteiger partial charge in [-0.3, -0.25) is 4.79 Å². The third-order valence-corrected chi connectivity index (χ3v) is 6.07. The van der Waals surface area contributed by atoms with Gasteiger partial charge < -0.3 is 4.74 Å². The number of ether oxygens (including phenoxy) is 1. The third kappa shape index (κ3) is 5.07. The van der Waals surface area contributed by atoms with Gasteiger partial charge in [0, 0.05) is 19.3 Å². The van der Waals surface area contributed by atoms with E-state index in [9.17, 15) is 21.6 Å². The van der Waals surface area contributed by atoms with Crippen molar-refractivity contribution in [2.24, 2.45) is 5.92 Å². The molecule has 0 radical (unpaired) electrons. The maximum atomic E-state index is 12.0. The van der Waals surface area contributed by atoms with Crippen molar-refractivity contribution in [1.82, 2.24) is 4.31 Å². The Labute approximate surface area is 113 Å². The quantitative estimate of drug-likeness (QED) is 0.619. The smallest absolute Gasteiger partial charge is 0.309 e. The van der Waals surface area contributed by atoms with Crippen LogP contribution in [0.15, 0.2) is 0 Å². The van der Waals surface area contributed by atoms with Crippen molar-refractivity contribution in [1.29, 1.82) is 0 Å². The topological polar surface area (TPSA) is 97.8 Å². The first-order valence-corrected chi connectivity index (χ1v) is 9.56. The summed E-state index contributed by atoms with van der Waals surface area (Å²) in [5.74, 6) is -1.75. The largest absolute Gasteiger partial charge is 0.469 e. The van der Waals surface area contributed by atoms with Crippen molar-refractivity contribution in [2.75, 3.05) is 38.0 Å². The summed E-state index contributed by atoms with van der Waals surface area (Å²) in [6.45, 7) is 0.387. The number of hydrogen-bond donors (Lipinski definition) is 0. The maximum Gasteiger partial charge on any atom is 0.309 e. The molecule has 1 aliphatic rings. The zero-order valence-corrected chi connectivity index (χ0v) is 12.7. The predicted molar refractivity (Wildman–Crippen MR) is 69.8 cm³/mol. The van der Waals surface area contributed by atoms with Crippen molar-refractivity contribution in [3.8, 4) is 0 Å². The molecule has 0 saturated carbocycles. The summed E-state index contributed by atoms with van der Waals surface area (Å²) in [6, 6.07) is 0. The first-order chi connectivity index (χ1) is 8.65. The molecule has 0 N–H and O–H groups in total. The molecule has 0 amide bonds. The highest BCUT2D eigenvalue weighted by atomic mass is 32.2. The normalized spacial score (nSPS) is 22.1. The van der Waals surface area contributed by atoms with Gasteiger partial charge in [-0.1, -0.05) is 0 Å². The Balaban J connectivity index is 2.70. The monoisotopic (exact) mass is 313 g/mol. The minimum atomic E-state index is -3.64. The van der Waals surface area contributed by atoms with Crippen LogP contribution in [0.1, 0.15) is 12.8 Å². The number of nitrogens with zero attached hydrogens (tertiary/aromatic N) is 1. The minimum absolute atomic E-state index is 0.0682. The van der Waals surface area contributed by atoms with Crippen LogP contribution >= 0.6 is 0 Å². The van der Waals surface area contributed by atoms with Crippen LogP contribution < -0.4 is 0 Å². The Morgan fingerprint density at radius 1 is 1.26 bits per heavy atom. The standard InChI is InChI=1S/C10H19NO6S2/c1-17-10(12)9-4-3-5-11(8-9)19(15,16)7-6-18(2,13)14/h9H,3-8H2,1-2H3/t9-/m0/s1. The zero-order valence-electron chi connectivity index (χ0n) is 11.0. The molecule has 0 aromatic carbocycles. The van der Waals surface area contributed by atoms with E-state index in [1.807, 2.05) is 0 Å². The molecule has 1 saturated heterocycles. The van der Waals surface area contributed by atoms with E-state index in [1.165, 1.54) is 11.4 Å². The van der Waals surface area contributed by atoms with Crippen LogP contribution in [-0.2, 0) is 29.4 Å². The second-order valence-electron chi connectivity index (χ2n) is 4.67. The van der Waals surface area contributed by atoms with Crippen LogP contribution in [0.25, 0.3) is 0 Å². The number of sulfone groups is 1. The Morgan fingerprint density at radius 3 is 2.42 bits per heavy atom. The van der Waals surface area contributed by atoms with Crippen molar-refractivity contribution < 1.29 is 26.4 Å². The van der Waals surface area contributed by atoms with Gasteiger partial charge in [0.05, 0.1) is 24.5 Å². The number of piperidine rings is 1. The lowest BCUT2D eigenvalue weighted by Crippen LogP contribution is -2.44. The number of esters is 1. The molecule has 7 nitrogen and oxygen atoms in total. The fraction of sp³-hybridized carbons (Fsp3) is 0.900.